The molecular weight excluding hydrogens is 344 g/mol. The third-order valence-electron chi connectivity index (χ3n) is 3.83. The minimum absolute atomic E-state index is 0.277. The van der Waals surface area contributed by atoms with E-state index in [0.717, 1.165) is 11.1 Å². The first-order chi connectivity index (χ1) is 13.0. The summed E-state index contributed by atoms with van der Waals surface area (Å²) < 4.78 is 10.9. The van der Waals surface area contributed by atoms with Crippen LogP contribution in [0.3, 0.4) is 0 Å². The average molecular weight is 368 g/mol. The molecule has 7 heteroatoms. The molecule has 0 bridgehead atoms. The standard InChI is InChI=1S/C20H24N4O3/c1-14(11-19-15(2)26-9-10-27-19)24-20(25)4-3-17-13-23-8-6-18(17)16(12-22)5-7-21/h3-8,11-13,16,22H,9-10,21H2,1-2H3,(H,24,25)/b4-3+,7-5-,14-11+,22-12?. The SMILES string of the molecule is CC1=C(/C=C(\C)NC(=O)/C=C/c2cnccc2C(C=N)/C=C\N)OCCO1. The average Bonchev–Trinajstić information content (AvgIpc) is 2.66. The van der Waals surface area contributed by atoms with Gasteiger partial charge in [0.15, 0.2) is 5.76 Å². The third kappa shape index (κ3) is 5.85. The quantitative estimate of drug-likeness (QED) is 0.506. The minimum Gasteiger partial charge on any atom is -0.491 e. The normalized spacial score (nSPS) is 16.1. The number of hydrogen-bond acceptors (Lipinski definition) is 6. The monoisotopic (exact) mass is 368 g/mol. The van der Waals surface area contributed by atoms with E-state index in [-0.39, 0.29) is 11.8 Å². The number of nitrogens with two attached hydrogens (primary N) is 1. The molecule has 1 aliphatic rings. The summed E-state index contributed by atoms with van der Waals surface area (Å²) in [5.41, 5.74) is 7.66. The first-order valence-corrected chi connectivity index (χ1v) is 8.52. The van der Waals surface area contributed by atoms with Crippen molar-refractivity contribution in [1.82, 2.24) is 10.3 Å². The van der Waals surface area contributed by atoms with Crippen molar-refractivity contribution in [2.45, 2.75) is 19.8 Å². The maximum atomic E-state index is 12.2. The number of hydrogen-bond donors (Lipinski definition) is 3. The summed E-state index contributed by atoms with van der Waals surface area (Å²) in [7, 11) is 0. The molecule has 0 aliphatic carbocycles. The van der Waals surface area contributed by atoms with Crippen LogP contribution in [0.25, 0.3) is 6.08 Å². The molecule has 0 aromatic carbocycles. The lowest BCUT2D eigenvalue weighted by atomic mass is 9.96. The molecule has 0 radical (unpaired) electrons. The van der Waals surface area contributed by atoms with Gasteiger partial charge < -0.3 is 25.9 Å². The van der Waals surface area contributed by atoms with Crippen molar-refractivity contribution in [2.24, 2.45) is 5.73 Å². The number of allylic oxidation sites excluding steroid dienone is 4. The van der Waals surface area contributed by atoms with Crippen molar-refractivity contribution < 1.29 is 14.3 Å². The van der Waals surface area contributed by atoms with Crippen LogP contribution in [0.2, 0.25) is 0 Å². The van der Waals surface area contributed by atoms with Crippen molar-refractivity contribution in [3.63, 3.8) is 0 Å². The number of aromatic nitrogens is 1. The van der Waals surface area contributed by atoms with Crippen LogP contribution < -0.4 is 11.1 Å². The molecule has 7 nitrogen and oxygen atoms in total. The number of amides is 1. The van der Waals surface area contributed by atoms with Gasteiger partial charge in [0.05, 0.1) is 0 Å². The fourth-order valence-electron chi connectivity index (χ4n) is 2.53. The van der Waals surface area contributed by atoms with E-state index < -0.39 is 0 Å². The Kier molecular flexibility index (Phi) is 7.37. The Balaban J connectivity index is 2.10. The summed E-state index contributed by atoms with van der Waals surface area (Å²) in [6.07, 6.45) is 12.5. The van der Waals surface area contributed by atoms with Gasteiger partial charge in [-0.25, -0.2) is 0 Å². The van der Waals surface area contributed by atoms with Gasteiger partial charge in [-0.15, -0.1) is 0 Å². The molecule has 0 spiro atoms. The summed E-state index contributed by atoms with van der Waals surface area (Å²) in [4.78, 5) is 16.3. The predicted molar refractivity (Wildman–Crippen MR) is 105 cm³/mol. The Morgan fingerprint density at radius 3 is 2.89 bits per heavy atom. The second kappa shape index (κ2) is 9.96. The van der Waals surface area contributed by atoms with Crippen LogP contribution in [0.4, 0.5) is 0 Å². The highest BCUT2D eigenvalue weighted by molar-refractivity contribution is 5.93. The number of carbonyl (C=O) groups is 1. The van der Waals surface area contributed by atoms with Gasteiger partial charge in [-0.05, 0) is 43.3 Å². The van der Waals surface area contributed by atoms with E-state index >= 15 is 0 Å². The molecule has 1 amide bonds. The largest absolute Gasteiger partial charge is 0.491 e. The second-order valence-corrected chi connectivity index (χ2v) is 5.85. The summed E-state index contributed by atoms with van der Waals surface area (Å²) in [5, 5.41) is 10.3. The van der Waals surface area contributed by atoms with E-state index in [9.17, 15) is 4.79 Å². The van der Waals surface area contributed by atoms with Gasteiger partial charge in [-0.3, -0.25) is 9.78 Å². The van der Waals surface area contributed by atoms with E-state index in [1.54, 1.807) is 43.6 Å². The van der Waals surface area contributed by atoms with Gasteiger partial charge in [0.25, 0.3) is 0 Å². The number of nitrogens with one attached hydrogen (secondary N) is 2. The zero-order valence-corrected chi connectivity index (χ0v) is 15.4. The van der Waals surface area contributed by atoms with Gasteiger partial charge in [0.1, 0.15) is 19.0 Å². The van der Waals surface area contributed by atoms with Crippen molar-refractivity contribution in [3.05, 3.63) is 71.2 Å². The van der Waals surface area contributed by atoms with Gasteiger partial charge in [-0.1, -0.05) is 6.08 Å². The van der Waals surface area contributed by atoms with E-state index in [1.165, 1.54) is 18.5 Å². The molecule has 0 saturated heterocycles. The van der Waals surface area contributed by atoms with Crippen molar-refractivity contribution in [1.29, 1.82) is 5.41 Å². The highest BCUT2D eigenvalue weighted by atomic mass is 16.6. The predicted octanol–water partition coefficient (Wildman–Crippen LogP) is 2.60. The zero-order valence-electron chi connectivity index (χ0n) is 15.4. The highest BCUT2D eigenvalue weighted by Gasteiger charge is 2.11. The van der Waals surface area contributed by atoms with Crippen LogP contribution in [0, 0.1) is 5.41 Å². The zero-order chi connectivity index (χ0) is 19.6. The molecule has 142 valence electrons. The summed E-state index contributed by atoms with van der Waals surface area (Å²) in [5.74, 6) is 0.742. The third-order valence-corrected chi connectivity index (χ3v) is 3.83. The molecule has 1 atom stereocenters. The van der Waals surface area contributed by atoms with Gasteiger partial charge >= 0.3 is 0 Å². The smallest absolute Gasteiger partial charge is 0.248 e. The maximum absolute atomic E-state index is 12.2. The van der Waals surface area contributed by atoms with E-state index in [4.69, 9.17) is 20.6 Å². The first kappa shape index (κ1) is 20.0. The van der Waals surface area contributed by atoms with Crippen LogP contribution >= 0.6 is 0 Å². The number of pyridine rings is 1. The van der Waals surface area contributed by atoms with Gasteiger partial charge in [-0.2, -0.15) is 0 Å². The van der Waals surface area contributed by atoms with E-state index in [1.807, 2.05) is 6.92 Å². The first-order valence-electron chi connectivity index (χ1n) is 8.52. The van der Waals surface area contributed by atoms with E-state index in [2.05, 4.69) is 10.3 Å². The van der Waals surface area contributed by atoms with Crippen LogP contribution in [0.15, 0.2) is 60.1 Å². The minimum atomic E-state index is -0.283. The number of nitrogens with zero attached hydrogens (tertiary/aromatic N) is 1. The Morgan fingerprint density at radius 2 is 2.19 bits per heavy atom. The fourth-order valence-corrected chi connectivity index (χ4v) is 2.53. The Bertz CT molecular complexity index is 809. The molecule has 1 aromatic heterocycles. The second-order valence-electron chi connectivity index (χ2n) is 5.85. The number of carbonyl (C=O) groups excluding carboxylic acids is 1. The molecule has 0 fully saturated rings. The lowest BCUT2D eigenvalue weighted by Gasteiger charge is -2.18. The van der Waals surface area contributed by atoms with Gasteiger partial charge in [0, 0.05) is 42.4 Å². The number of ether oxygens (including phenoxy) is 2. The topological polar surface area (TPSA) is 110 Å². The van der Waals surface area contributed by atoms with E-state index in [0.29, 0.717) is 30.4 Å². The molecule has 27 heavy (non-hydrogen) atoms. The summed E-state index contributed by atoms with van der Waals surface area (Å²) >= 11 is 0. The molecule has 2 rings (SSSR count). The van der Waals surface area contributed by atoms with Crippen molar-refractivity contribution in [3.8, 4) is 0 Å². The molecule has 4 N–H and O–H groups in total. The molecule has 1 aromatic rings. The molecular formula is C20H24N4O3. The van der Waals surface area contributed by atoms with Crippen LogP contribution in [0.1, 0.15) is 30.9 Å². The highest BCUT2D eigenvalue weighted by Crippen LogP contribution is 2.20. The number of rotatable bonds is 7. The Hall–Kier alpha value is -3.35. The summed E-state index contributed by atoms with van der Waals surface area (Å²) in [6.45, 7) is 4.61. The molecule has 1 unspecified atom stereocenters. The van der Waals surface area contributed by atoms with Gasteiger partial charge in [0.2, 0.25) is 5.91 Å². The molecule has 1 aliphatic heterocycles. The van der Waals surface area contributed by atoms with Crippen molar-refractivity contribution in [2.75, 3.05) is 13.2 Å². The molecule has 2 heterocycles. The van der Waals surface area contributed by atoms with Crippen LogP contribution in [-0.2, 0) is 14.3 Å². The van der Waals surface area contributed by atoms with Crippen LogP contribution in [-0.4, -0.2) is 30.3 Å². The Labute approximate surface area is 158 Å². The molecule has 0 saturated carbocycles. The lowest BCUT2D eigenvalue weighted by Crippen LogP contribution is -2.19. The van der Waals surface area contributed by atoms with Crippen LogP contribution in [0.5, 0.6) is 0 Å². The fraction of sp³-hybridized carbons (Fsp3) is 0.250. The Morgan fingerprint density at radius 1 is 1.41 bits per heavy atom. The van der Waals surface area contributed by atoms with Crippen molar-refractivity contribution >= 4 is 18.2 Å². The summed E-state index contributed by atoms with van der Waals surface area (Å²) in [6, 6.07) is 1.80. The maximum Gasteiger partial charge on any atom is 0.248 e. The lowest BCUT2D eigenvalue weighted by molar-refractivity contribution is -0.115.